The van der Waals surface area contributed by atoms with Gasteiger partial charge in [-0.05, 0) is 72.5 Å². The first-order chi connectivity index (χ1) is 15.4. The van der Waals surface area contributed by atoms with E-state index in [0.717, 1.165) is 30.5 Å². The third-order valence-corrected chi connectivity index (χ3v) is 5.99. The fraction of sp³-hybridized carbons (Fsp3) is 0.280. The van der Waals surface area contributed by atoms with E-state index < -0.39 is 12.0 Å². The van der Waals surface area contributed by atoms with Gasteiger partial charge >= 0.3 is 6.36 Å². The highest BCUT2D eigenvalue weighted by Gasteiger charge is 2.44. The minimum atomic E-state index is -4.77. The Morgan fingerprint density at radius 1 is 1.00 bits per heavy atom. The van der Waals surface area contributed by atoms with E-state index >= 15 is 0 Å². The lowest BCUT2D eigenvalue weighted by atomic mass is 9.81. The van der Waals surface area contributed by atoms with Gasteiger partial charge in [0, 0.05) is 5.56 Å². The fourth-order valence-electron chi connectivity index (χ4n) is 4.66. The van der Waals surface area contributed by atoms with Gasteiger partial charge < -0.3 is 19.2 Å². The zero-order chi connectivity index (χ0) is 22.2. The maximum absolute atomic E-state index is 12.9. The summed E-state index contributed by atoms with van der Waals surface area (Å²) in [5.74, 6) is 0.299. The van der Waals surface area contributed by atoms with Gasteiger partial charge in [0.1, 0.15) is 17.1 Å². The van der Waals surface area contributed by atoms with Gasteiger partial charge in [0.05, 0.1) is 18.9 Å². The Morgan fingerprint density at radius 2 is 1.84 bits per heavy atom. The van der Waals surface area contributed by atoms with Crippen molar-refractivity contribution in [3.05, 3.63) is 84.1 Å². The van der Waals surface area contributed by atoms with Crippen molar-refractivity contribution in [3.8, 4) is 17.1 Å². The number of ether oxygens (including phenoxy) is 2. The van der Waals surface area contributed by atoms with Crippen molar-refractivity contribution in [3.63, 3.8) is 0 Å². The van der Waals surface area contributed by atoms with E-state index in [4.69, 9.17) is 9.15 Å². The second-order valence-electron chi connectivity index (χ2n) is 8.05. The summed E-state index contributed by atoms with van der Waals surface area (Å²) in [4.78, 5) is 0. The summed E-state index contributed by atoms with van der Waals surface area (Å²) in [7, 11) is 0. The van der Waals surface area contributed by atoms with Gasteiger partial charge in [0.15, 0.2) is 0 Å². The van der Waals surface area contributed by atoms with E-state index in [1.807, 2.05) is 18.2 Å². The Morgan fingerprint density at radius 3 is 2.59 bits per heavy atom. The minimum Gasteiger partial charge on any atom is -0.464 e. The number of halogens is 3. The molecule has 0 saturated carbocycles. The van der Waals surface area contributed by atoms with Crippen LogP contribution in [-0.2, 0) is 4.74 Å². The molecule has 0 bridgehead atoms. The number of rotatable bonds is 4. The standard InChI is InChI=1S/C25H22F3NO3/c26-25(27,28)32-19-9-10-20(22-8-4-13-30-22)21(14-19)18-15-24(31-16-18)11-5-12-29-23(24)17-6-2-1-3-7-17/h1-4,6-10,13-15,23,29H,5,11-12,16H2. The molecule has 0 radical (unpaired) electrons. The van der Waals surface area contributed by atoms with Crippen molar-refractivity contribution in [1.29, 1.82) is 0 Å². The van der Waals surface area contributed by atoms with Crippen molar-refractivity contribution >= 4 is 5.57 Å². The first kappa shape index (κ1) is 20.8. The number of furan rings is 1. The van der Waals surface area contributed by atoms with Gasteiger partial charge in [-0.25, -0.2) is 0 Å². The molecule has 0 aliphatic carbocycles. The highest BCUT2D eigenvalue weighted by Crippen LogP contribution is 2.46. The Kier molecular flexibility index (Phi) is 5.31. The topological polar surface area (TPSA) is 43.6 Å². The first-order valence-electron chi connectivity index (χ1n) is 10.5. The molecule has 2 aromatic carbocycles. The molecule has 3 aromatic rings. The van der Waals surface area contributed by atoms with Crippen LogP contribution in [0.4, 0.5) is 13.2 Å². The molecule has 5 rings (SSSR count). The third kappa shape index (κ3) is 4.06. The number of hydrogen-bond donors (Lipinski definition) is 1. The van der Waals surface area contributed by atoms with Gasteiger partial charge in [-0.15, -0.1) is 13.2 Å². The molecule has 1 saturated heterocycles. The number of benzene rings is 2. The molecular formula is C25H22F3NO3. The normalized spacial score (nSPS) is 23.3. The minimum absolute atomic E-state index is 0.0448. The first-order valence-corrected chi connectivity index (χ1v) is 10.5. The summed E-state index contributed by atoms with van der Waals surface area (Å²) in [5, 5.41) is 3.56. The van der Waals surface area contributed by atoms with Crippen LogP contribution < -0.4 is 10.1 Å². The van der Waals surface area contributed by atoms with Crippen molar-refractivity contribution < 1.29 is 27.1 Å². The molecule has 1 aromatic heterocycles. The lowest BCUT2D eigenvalue weighted by Gasteiger charge is -2.40. The second-order valence-corrected chi connectivity index (χ2v) is 8.05. The van der Waals surface area contributed by atoms with Gasteiger partial charge in [0.25, 0.3) is 0 Å². The van der Waals surface area contributed by atoms with Crippen LogP contribution in [0.5, 0.6) is 5.75 Å². The summed E-state index contributed by atoms with van der Waals surface area (Å²) in [6.45, 7) is 1.16. The maximum Gasteiger partial charge on any atom is 0.573 e. The third-order valence-electron chi connectivity index (χ3n) is 5.99. The summed E-state index contributed by atoms with van der Waals surface area (Å²) in [6, 6.07) is 17.9. The molecule has 2 aliphatic rings. The Bertz CT molecular complexity index is 1110. The SMILES string of the molecule is FC(F)(F)Oc1ccc(-c2ccco2)c(C2=CC3(CCCNC3c3ccccc3)OC2)c1. The van der Waals surface area contributed by atoms with E-state index in [0.29, 0.717) is 16.9 Å². The van der Waals surface area contributed by atoms with Crippen molar-refractivity contribution in [2.75, 3.05) is 13.2 Å². The summed E-state index contributed by atoms with van der Waals surface area (Å²) < 4.78 is 54.7. The predicted octanol–water partition coefficient (Wildman–Crippen LogP) is 6.12. The van der Waals surface area contributed by atoms with E-state index in [1.165, 1.54) is 18.4 Å². The number of piperidine rings is 1. The molecule has 1 N–H and O–H groups in total. The number of hydrogen-bond acceptors (Lipinski definition) is 4. The second kappa shape index (κ2) is 8.15. The van der Waals surface area contributed by atoms with E-state index in [-0.39, 0.29) is 18.4 Å². The van der Waals surface area contributed by atoms with Gasteiger partial charge in [-0.2, -0.15) is 0 Å². The molecule has 0 amide bonds. The zero-order valence-corrected chi connectivity index (χ0v) is 17.2. The van der Waals surface area contributed by atoms with Crippen LogP contribution in [0.2, 0.25) is 0 Å². The van der Waals surface area contributed by atoms with Gasteiger partial charge in [-0.3, -0.25) is 0 Å². The summed E-state index contributed by atoms with van der Waals surface area (Å²) in [6.07, 6.45) is 0.594. The highest BCUT2D eigenvalue weighted by atomic mass is 19.4. The Hall–Kier alpha value is -3.03. The number of alkyl halides is 3. The Labute approximate surface area is 183 Å². The molecule has 7 heteroatoms. The summed E-state index contributed by atoms with van der Waals surface area (Å²) in [5.41, 5.74) is 2.65. The van der Waals surface area contributed by atoms with Crippen LogP contribution in [-0.4, -0.2) is 25.1 Å². The van der Waals surface area contributed by atoms with E-state index in [2.05, 4.69) is 28.3 Å². The molecule has 2 unspecified atom stereocenters. The van der Waals surface area contributed by atoms with Crippen molar-refractivity contribution in [1.82, 2.24) is 5.32 Å². The monoisotopic (exact) mass is 441 g/mol. The lowest BCUT2D eigenvalue weighted by molar-refractivity contribution is -0.274. The van der Waals surface area contributed by atoms with Gasteiger partial charge in [-0.1, -0.05) is 30.3 Å². The van der Waals surface area contributed by atoms with Crippen LogP contribution in [0.1, 0.15) is 30.0 Å². The number of nitrogens with one attached hydrogen (secondary N) is 1. The Balaban J connectivity index is 1.58. The molecule has 3 heterocycles. The molecule has 2 aliphatic heterocycles. The molecule has 4 nitrogen and oxygen atoms in total. The average molecular weight is 441 g/mol. The van der Waals surface area contributed by atoms with Crippen molar-refractivity contribution in [2.45, 2.75) is 30.8 Å². The smallest absolute Gasteiger partial charge is 0.464 e. The van der Waals surface area contributed by atoms with Crippen LogP contribution >= 0.6 is 0 Å². The predicted molar refractivity (Wildman–Crippen MR) is 114 cm³/mol. The van der Waals surface area contributed by atoms with E-state index in [1.54, 1.807) is 18.2 Å². The lowest BCUT2D eigenvalue weighted by Crippen LogP contribution is -2.47. The van der Waals surface area contributed by atoms with Crippen LogP contribution in [0, 0.1) is 0 Å². The molecule has 1 fully saturated rings. The van der Waals surface area contributed by atoms with E-state index in [9.17, 15) is 13.2 Å². The maximum atomic E-state index is 12.9. The van der Waals surface area contributed by atoms with Gasteiger partial charge in [0.2, 0.25) is 0 Å². The highest BCUT2D eigenvalue weighted by molar-refractivity contribution is 5.82. The quantitative estimate of drug-likeness (QED) is 0.530. The van der Waals surface area contributed by atoms with Crippen molar-refractivity contribution in [2.24, 2.45) is 0 Å². The molecule has 32 heavy (non-hydrogen) atoms. The zero-order valence-electron chi connectivity index (χ0n) is 17.2. The van der Waals surface area contributed by atoms with Crippen LogP contribution in [0.3, 0.4) is 0 Å². The molecular weight excluding hydrogens is 419 g/mol. The molecule has 1 spiro atoms. The van der Waals surface area contributed by atoms with Crippen LogP contribution in [0.15, 0.2) is 77.4 Å². The largest absolute Gasteiger partial charge is 0.573 e. The molecule has 166 valence electrons. The fourth-order valence-corrected chi connectivity index (χ4v) is 4.66. The average Bonchev–Trinajstić information content (AvgIpc) is 3.45. The van der Waals surface area contributed by atoms with Crippen LogP contribution in [0.25, 0.3) is 16.9 Å². The molecule has 2 atom stereocenters. The summed E-state index contributed by atoms with van der Waals surface area (Å²) >= 11 is 0.